The highest BCUT2D eigenvalue weighted by Crippen LogP contribution is 2.10. The summed E-state index contributed by atoms with van der Waals surface area (Å²) in [6.07, 6.45) is 0.658. The Morgan fingerprint density at radius 2 is 1.89 bits per heavy atom. The van der Waals surface area contributed by atoms with Crippen molar-refractivity contribution in [1.82, 2.24) is 0 Å². The van der Waals surface area contributed by atoms with Crippen LogP contribution in [0.2, 0.25) is 0 Å². The van der Waals surface area contributed by atoms with E-state index in [0.29, 0.717) is 10.9 Å². The number of quaternary nitrogens is 1. The number of nitrogens with zero attached hydrogens (tertiary/aromatic N) is 1. The van der Waals surface area contributed by atoms with Crippen LogP contribution in [0.3, 0.4) is 0 Å². The van der Waals surface area contributed by atoms with Crippen LogP contribution in [0.15, 0.2) is 0 Å². The lowest BCUT2D eigenvalue weighted by atomic mass is 10.4. The van der Waals surface area contributed by atoms with Crippen LogP contribution in [-0.2, 0) is 0 Å². The Bertz CT molecular complexity index is 79.6. The van der Waals surface area contributed by atoms with Crippen molar-refractivity contribution >= 4 is 11.6 Å². The fourth-order valence-electron chi connectivity index (χ4n) is 0.494. The Kier molecular flexibility index (Phi) is 3.48. The quantitative estimate of drug-likeness (QED) is 0.358. The second-order valence-corrected chi connectivity index (χ2v) is 3.57. The first-order valence-electron chi connectivity index (χ1n) is 3.04. The first-order chi connectivity index (χ1) is 3.98. The minimum Gasteiger partial charge on any atom is -0.396 e. The van der Waals surface area contributed by atoms with Crippen molar-refractivity contribution in [1.29, 1.82) is 0 Å². The predicted octanol–water partition coefficient (Wildman–Crippen LogP) is 0.640. The number of halogens is 1. The zero-order chi connectivity index (χ0) is 7.49. The molecule has 0 aromatic heterocycles. The van der Waals surface area contributed by atoms with Crippen molar-refractivity contribution in [2.24, 2.45) is 0 Å². The molecule has 1 N–H and O–H groups in total. The zero-order valence-electron chi connectivity index (χ0n) is 6.26. The number of aliphatic hydroxyl groups is 1. The van der Waals surface area contributed by atoms with Crippen LogP contribution in [-0.4, -0.2) is 42.8 Å². The highest BCUT2D eigenvalue weighted by molar-refractivity contribution is 6.19. The fourth-order valence-corrected chi connectivity index (χ4v) is 0.591. The summed E-state index contributed by atoms with van der Waals surface area (Å²) in [6, 6.07) is 0. The first-order valence-corrected chi connectivity index (χ1v) is 3.48. The Morgan fingerprint density at radius 1 is 1.44 bits per heavy atom. The van der Waals surface area contributed by atoms with Gasteiger partial charge in [0.15, 0.2) is 5.50 Å². The van der Waals surface area contributed by atoms with Crippen molar-refractivity contribution in [2.75, 3.05) is 27.7 Å². The molecule has 2 nitrogen and oxygen atoms in total. The van der Waals surface area contributed by atoms with Crippen LogP contribution < -0.4 is 0 Å². The Hall–Kier alpha value is 0.210. The second-order valence-electron chi connectivity index (χ2n) is 3.06. The molecule has 0 rings (SSSR count). The Morgan fingerprint density at radius 3 is 2.00 bits per heavy atom. The molecule has 0 saturated carbocycles. The third kappa shape index (κ3) is 3.73. The van der Waals surface area contributed by atoms with Gasteiger partial charge in [0.05, 0.1) is 27.7 Å². The average Bonchev–Trinajstić information content (AvgIpc) is 1.64. The molecule has 0 amide bonds. The fraction of sp³-hybridized carbons (Fsp3) is 1.00. The summed E-state index contributed by atoms with van der Waals surface area (Å²) in [5, 5.41) is 8.51. The van der Waals surface area contributed by atoms with E-state index in [4.69, 9.17) is 16.7 Å². The van der Waals surface area contributed by atoms with Crippen molar-refractivity contribution in [3.63, 3.8) is 0 Å². The van der Waals surface area contributed by atoms with Gasteiger partial charge in [0.1, 0.15) is 0 Å². The molecule has 1 unspecified atom stereocenters. The topological polar surface area (TPSA) is 20.2 Å². The molecule has 0 bridgehead atoms. The van der Waals surface area contributed by atoms with Gasteiger partial charge >= 0.3 is 0 Å². The molecule has 0 aliphatic rings. The maximum absolute atomic E-state index is 8.51. The molecule has 0 aliphatic heterocycles. The first kappa shape index (κ1) is 9.21. The summed E-state index contributed by atoms with van der Waals surface area (Å²) in [5.74, 6) is 0. The van der Waals surface area contributed by atoms with E-state index < -0.39 is 0 Å². The Labute approximate surface area is 61.6 Å². The van der Waals surface area contributed by atoms with Gasteiger partial charge in [-0.3, -0.25) is 0 Å². The summed E-state index contributed by atoms with van der Waals surface area (Å²) in [6.45, 7) is 0.170. The largest absolute Gasteiger partial charge is 0.396 e. The molecule has 0 radical (unpaired) electrons. The van der Waals surface area contributed by atoms with Crippen LogP contribution in [0.4, 0.5) is 0 Å². The van der Waals surface area contributed by atoms with Crippen molar-refractivity contribution in [3.8, 4) is 0 Å². The summed E-state index contributed by atoms with van der Waals surface area (Å²) >= 11 is 5.87. The highest BCUT2D eigenvalue weighted by Gasteiger charge is 2.18. The number of rotatable bonds is 3. The number of alkyl halides is 1. The molecule has 56 valence electrons. The maximum Gasteiger partial charge on any atom is 0.166 e. The van der Waals surface area contributed by atoms with Crippen molar-refractivity contribution < 1.29 is 9.59 Å². The van der Waals surface area contributed by atoms with E-state index in [0.717, 1.165) is 0 Å². The molecule has 0 aliphatic carbocycles. The van der Waals surface area contributed by atoms with Gasteiger partial charge in [-0.25, -0.2) is 0 Å². The normalized spacial score (nSPS) is 15.7. The number of aliphatic hydroxyl groups excluding tert-OH is 1. The van der Waals surface area contributed by atoms with E-state index >= 15 is 0 Å². The minimum absolute atomic E-state index is 0.0231. The molecule has 0 aromatic carbocycles. The lowest BCUT2D eigenvalue weighted by molar-refractivity contribution is -0.882. The van der Waals surface area contributed by atoms with E-state index in [9.17, 15) is 0 Å². The van der Waals surface area contributed by atoms with Gasteiger partial charge < -0.3 is 9.59 Å². The molecule has 0 fully saturated rings. The van der Waals surface area contributed by atoms with Crippen LogP contribution in [0, 0.1) is 0 Å². The third-order valence-electron chi connectivity index (χ3n) is 1.21. The number of hydrogen-bond donors (Lipinski definition) is 1. The smallest absolute Gasteiger partial charge is 0.166 e. The maximum atomic E-state index is 8.51. The third-order valence-corrected chi connectivity index (χ3v) is 2.01. The predicted molar refractivity (Wildman–Crippen MR) is 39.4 cm³/mol. The average molecular weight is 153 g/mol. The van der Waals surface area contributed by atoms with Crippen molar-refractivity contribution in [3.05, 3.63) is 0 Å². The van der Waals surface area contributed by atoms with Crippen LogP contribution in [0.5, 0.6) is 0 Å². The van der Waals surface area contributed by atoms with E-state index in [1.54, 1.807) is 0 Å². The monoisotopic (exact) mass is 152 g/mol. The van der Waals surface area contributed by atoms with Gasteiger partial charge in [-0.15, -0.1) is 0 Å². The van der Waals surface area contributed by atoms with Gasteiger partial charge in [0, 0.05) is 6.42 Å². The Balaban J connectivity index is 3.59. The van der Waals surface area contributed by atoms with Crippen LogP contribution in [0.1, 0.15) is 6.42 Å². The minimum atomic E-state index is 0.0231. The van der Waals surface area contributed by atoms with E-state index in [2.05, 4.69) is 0 Å². The van der Waals surface area contributed by atoms with Gasteiger partial charge in [-0.1, -0.05) is 11.6 Å². The molecule has 0 saturated heterocycles. The van der Waals surface area contributed by atoms with Crippen LogP contribution >= 0.6 is 11.6 Å². The number of hydrogen-bond acceptors (Lipinski definition) is 1. The lowest BCUT2D eigenvalue weighted by Gasteiger charge is -2.28. The van der Waals surface area contributed by atoms with Gasteiger partial charge in [0.25, 0.3) is 0 Å². The zero-order valence-corrected chi connectivity index (χ0v) is 7.02. The summed E-state index contributed by atoms with van der Waals surface area (Å²) in [5.41, 5.74) is 0.0231. The van der Waals surface area contributed by atoms with Crippen LogP contribution in [0.25, 0.3) is 0 Å². The molecule has 9 heavy (non-hydrogen) atoms. The van der Waals surface area contributed by atoms with Gasteiger partial charge in [0.2, 0.25) is 0 Å². The molecule has 0 aromatic rings. The van der Waals surface area contributed by atoms with E-state index in [1.165, 1.54) is 0 Å². The summed E-state index contributed by atoms with van der Waals surface area (Å²) in [4.78, 5) is 0. The lowest BCUT2D eigenvalue weighted by Crippen LogP contribution is -2.42. The summed E-state index contributed by atoms with van der Waals surface area (Å²) in [7, 11) is 6.02. The highest BCUT2D eigenvalue weighted by atomic mass is 35.5. The van der Waals surface area contributed by atoms with Gasteiger partial charge in [-0.2, -0.15) is 0 Å². The summed E-state index contributed by atoms with van der Waals surface area (Å²) < 4.78 is 0.697. The van der Waals surface area contributed by atoms with Crippen molar-refractivity contribution in [2.45, 2.75) is 11.9 Å². The van der Waals surface area contributed by atoms with E-state index in [-0.39, 0.29) is 12.1 Å². The molecule has 1 atom stereocenters. The molecule has 0 heterocycles. The van der Waals surface area contributed by atoms with Gasteiger partial charge in [-0.05, 0) is 0 Å². The molecule has 3 heteroatoms. The van der Waals surface area contributed by atoms with E-state index in [1.807, 2.05) is 21.1 Å². The SMILES string of the molecule is C[N+](C)(C)C(Cl)CCO. The molecular formula is C6H15ClNO+. The molecule has 0 spiro atoms. The molecular weight excluding hydrogens is 138 g/mol. The standard InChI is InChI=1S/C6H15ClNO/c1-8(2,3)6(7)4-5-9/h6,9H,4-5H2,1-3H3/q+1. The second kappa shape index (κ2) is 3.40.